The number of allylic oxidation sites excluding steroid dienone is 2. The standard InChI is InChI=1S/C6H7F3O2/c1-3(2)4(10)5(11)6(7,8)9/h10H,1-2H3. The maximum Gasteiger partial charge on any atom is 0.458 e. The predicted octanol–water partition coefficient (Wildman–Crippen LogP) is 1.97. The van der Waals surface area contributed by atoms with Crippen LogP contribution in [0.3, 0.4) is 0 Å². The summed E-state index contributed by atoms with van der Waals surface area (Å²) >= 11 is 0. The number of carbonyl (C=O) groups is 1. The Morgan fingerprint density at radius 3 is 1.73 bits per heavy atom. The van der Waals surface area contributed by atoms with Crippen LogP contribution in [0, 0.1) is 0 Å². The van der Waals surface area contributed by atoms with Gasteiger partial charge in [0.15, 0.2) is 5.76 Å². The van der Waals surface area contributed by atoms with Crippen molar-refractivity contribution in [1.82, 2.24) is 0 Å². The Morgan fingerprint density at radius 1 is 1.27 bits per heavy atom. The van der Waals surface area contributed by atoms with E-state index in [2.05, 4.69) is 0 Å². The van der Waals surface area contributed by atoms with Crippen molar-refractivity contribution in [3.8, 4) is 0 Å². The molecule has 0 unspecified atom stereocenters. The summed E-state index contributed by atoms with van der Waals surface area (Å²) in [4.78, 5) is 10.2. The molecule has 5 heteroatoms. The summed E-state index contributed by atoms with van der Waals surface area (Å²) in [6, 6.07) is 0. The molecule has 2 nitrogen and oxygen atoms in total. The molecule has 0 fully saturated rings. The van der Waals surface area contributed by atoms with Crippen LogP contribution in [0.15, 0.2) is 11.3 Å². The number of aliphatic hydroxyl groups is 1. The highest BCUT2D eigenvalue weighted by atomic mass is 19.4. The fourth-order valence-electron chi connectivity index (χ4n) is 0.361. The average Bonchev–Trinajstić information content (AvgIpc) is 1.82. The topological polar surface area (TPSA) is 37.3 Å². The van der Waals surface area contributed by atoms with Crippen LogP contribution in [0.1, 0.15) is 13.8 Å². The van der Waals surface area contributed by atoms with E-state index in [9.17, 15) is 18.0 Å². The van der Waals surface area contributed by atoms with E-state index in [-0.39, 0.29) is 5.57 Å². The number of carbonyl (C=O) groups excluding carboxylic acids is 1. The maximum atomic E-state index is 11.5. The number of aliphatic hydroxyl groups excluding tert-OH is 1. The summed E-state index contributed by atoms with van der Waals surface area (Å²) in [7, 11) is 0. The van der Waals surface area contributed by atoms with Crippen molar-refractivity contribution in [1.29, 1.82) is 0 Å². The molecule has 1 N–H and O–H groups in total. The van der Waals surface area contributed by atoms with E-state index >= 15 is 0 Å². The van der Waals surface area contributed by atoms with Gasteiger partial charge in [-0.1, -0.05) is 0 Å². The molecule has 0 atom stereocenters. The average molecular weight is 168 g/mol. The van der Waals surface area contributed by atoms with Gasteiger partial charge in [-0.05, 0) is 19.4 Å². The molecule has 0 bridgehead atoms. The smallest absolute Gasteiger partial charge is 0.458 e. The molecular weight excluding hydrogens is 161 g/mol. The van der Waals surface area contributed by atoms with Gasteiger partial charge < -0.3 is 5.11 Å². The van der Waals surface area contributed by atoms with E-state index < -0.39 is 17.7 Å². The largest absolute Gasteiger partial charge is 0.504 e. The summed E-state index contributed by atoms with van der Waals surface area (Å²) in [5, 5.41) is 8.54. The molecule has 0 aromatic rings. The Hall–Kier alpha value is -1.00. The van der Waals surface area contributed by atoms with E-state index in [0.717, 1.165) is 0 Å². The summed E-state index contributed by atoms with van der Waals surface area (Å²) in [6.07, 6.45) is -4.98. The highest BCUT2D eigenvalue weighted by Crippen LogP contribution is 2.20. The molecular formula is C6H7F3O2. The first kappa shape index (κ1) is 10.0. The second kappa shape index (κ2) is 2.94. The number of rotatable bonds is 1. The lowest BCUT2D eigenvalue weighted by atomic mass is 10.2. The third kappa shape index (κ3) is 2.61. The quantitative estimate of drug-likeness (QED) is 0.480. The van der Waals surface area contributed by atoms with Crippen molar-refractivity contribution < 1.29 is 23.1 Å². The number of alkyl halides is 3. The molecule has 64 valence electrons. The minimum absolute atomic E-state index is 0.0488. The highest BCUT2D eigenvalue weighted by molar-refractivity contribution is 5.97. The Kier molecular flexibility index (Phi) is 2.67. The van der Waals surface area contributed by atoms with Gasteiger partial charge >= 0.3 is 12.0 Å². The molecule has 0 aliphatic carbocycles. The van der Waals surface area contributed by atoms with E-state index in [0.29, 0.717) is 0 Å². The highest BCUT2D eigenvalue weighted by Gasteiger charge is 2.41. The van der Waals surface area contributed by atoms with Crippen LogP contribution in [0.25, 0.3) is 0 Å². The van der Waals surface area contributed by atoms with E-state index in [1.54, 1.807) is 0 Å². The lowest BCUT2D eigenvalue weighted by molar-refractivity contribution is -0.169. The number of Topliss-reactive ketones (excluding diaryl/α,β-unsaturated/α-hetero) is 1. The molecule has 0 spiro atoms. The van der Waals surface area contributed by atoms with Crippen LogP contribution < -0.4 is 0 Å². The zero-order valence-corrected chi connectivity index (χ0v) is 5.99. The van der Waals surface area contributed by atoms with Crippen LogP contribution >= 0.6 is 0 Å². The second-order valence-corrected chi connectivity index (χ2v) is 2.18. The van der Waals surface area contributed by atoms with Crippen molar-refractivity contribution in [2.45, 2.75) is 20.0 Å². The molecule has 0 amide bonds. The first-order chi connectivity index (χ1) is 4.76. The van der Waals surface area contributed by atoms with E-state index in [1.807, 2.05) is 0 Å². The SMILES string of the molecule is CC(C)=C(O)C(=O)C(F)(F)F. The van der Waals surface area contributed by atoms with Gasteiger partial charge in [-0.2, -0.15) is 13.2 Å². The first-order valence-corrected chi connectivity index (χ1v) is 2.74. The molecule has 0 radical (unpaired) electrons. The number of hydrogen-bond acceptors (Lipinski definition) is 2. The number of hydrogen-bond donors (Lipinski definition) is 1. The van der Waals surface area contributed by atoms with Crippen LogP contribution in [0.2, 0.25) is 0 Å². The molecule has 0 aliphatic heterocycles. The minimum Gasteiger partial charge on any atom is -0.504 e. The first-order valence-electron chi connectivity index (χ1n) is 2.74. The fourth-order valence-corrected chi connectivity index (χ4v) is 0.361. The summed E-state index contributed by atoms with van der Waals surface area (Å²) in [5.41, 5.74) is -0.0488. The van der Waals surface area contributed by atoms with Gasteiger partial charge in [-0.15, -0.1) is 0 Å². The molecule has 0 aliphatic rings. The lowest BCUT2D eigenvalue weighted by Crippen LogP contribution is -2.24. The lowest BCUT2D eigenvalue weighted by Gasteiger charge is -2.04. The van der Waals surface area contributed by atoms with Gasteiger partial charge in [0.25, 0.3) is 0 Å². The Labute approximate surface area is 61.3 Å². The molecule has 0 heterocycles. The minimum atomic E-state index is -4.98. The predicted molar refractivity (Wildman–Crippen MR) is 32.1 cm³/mol. The zero-order chi connectivity index (χ0) is 9.23. The Morgan fingerprint density at radius 2 is 1.64 bits per heavy atom. The molecule has 0 aromatic carbocycles. The van der Waals surface area contributed by atoms with Gasteiger partial charge in [0, 0.05) is 0 Å². The monoisotopic (exact) mass is 168 g/mol. The van der Waals surface area contributed by atoms with Crippen LogP contribution in [-0.4, -0.2) is 17.1 Å². The van der Waals surface area contributed by atoms with Crippen LogP contribution in [0.4, 0.5) is 13.2 Å². The van der Waals surface area contributed by atoms with Gasteiger partial charge in [0.2, 0.25) is 0 Å². The van der Waals surface area contributed by atoms with Crippen molar-refractivity contribution in [3.63, 3.8) is 0 Å². The summed E-state index contributed by atoms with van der Waals surface area (Å²) < 4.78 is 34.5. The Balaban J connectivity index is 4.67. The van der Waals surface area contributed by atoms with Crippen molar-refractivity contribution in [2.75, 3.05) is 0 Å². The zero-order valence-electron chi connectivity index (χ0n) is 5.99. The maximum absolute atomic E-state index is 11.5. The summed E-state index contributed by atoms with van der Waals surface area (Å²) in [6.45, 7) is 2.44. The van der Waals surface area contributed by atoms with Crippen LogP contribution in [0.5, 0.6) is 0 Å². The van der Waals surface area contributed by atoms with Crippen LogP contribution in [-0.2, 0) is 4.79 Å². The third-order valence-electron chi connectivity index (χ3n) is 0.946. The molecule has 0 aromatic heterocycles. The fraction of sp³-hybridized carbons (Fsp3) is 0.500. The molecule has 0 rings (SSSR count). The third-order valence-corrected chi connectivity index (χ3v) is 0.946. The van der Waals surface area contributed by atoms with Gasteiger partial charge in [-0.25, -0.2) is 0 Å². The molecule has 0 saturated heterocycles. The second-order valence-electron chi connectivity index (χ2n) is 2.18. The van der Waals surface area contributed by atoms with Gasteiger partial charge in [0.1, 0.15) is 0 Å². The van der Waals surface area contributed by atoms with Crippen molar-refractivity contribution >= 4 is 5.78 Å². The summed E-state index contributed by atoms with van der Waals surface area (Å²) in [5.74, 6) is -3.42. The van der Waals surface area contributed by atoms with E-state index in [1.165, 1.54) is 13.8 Å². The number of halogens is 3. The van der Waals surface area contributed by atoms with Crippen molar-refractivity contribution in [2.24, 2.45) is 0 Å². The normalized spacial score (nSPS) is 11.0. The van der Waals surface area contributed by atoms with Crippen molar-refractivity contribution in [3.05, 3.63) is 11.3 Å². The Bertz CT molecular complexity index is 198. The molecule has 0 saturated carbocycles. The van der Waals surface area contributed by atoms with Gasteiger partial charge in [0.05, 0.1) is 0 Å². The molecule has 11 heavy (non-hydrogen) atoms. The van der Waals surface area contributed by atoms with Gasteiger partial charge in [-0.3, -0.25) is 4.79 Å². The number of ketones is 1. The van der Waals surface area contributed by atoms with E-state index in [4.69, 9.17) is 5.11 Å².